The summed E-state index contributed by atoms with van der Waals surface area (Å²) in [4.78, 5) is 4.23. The van der Waals surface area contributed by atoms with Gasteiger partial charge in [0, 0.05) is 23.8 Å². The molecule has 0 saturated heterocycles. The van der Waals surface area contributed by atoms with Crippen molar-refractivity contribution in [3.05, 3.63) is 52.5 Å². The second-order valence-corrected chi connectivity index (χ2v) is 5.14. The van der Waals surface area contributed by atoms with Gasteiger partial charge in [0.1, 0.15) is 0 Å². The Labute approximate surface area is 116 Å². The highest BCUT2D eigenvalue weighted by molar-refractivity contribution is 9.10. The van der Waals surface area contributed by atoms with E-state index in [2.05, 4.69) is 55.9 Å². The van der Waals surface area contributed by atoms with E-state index >= 15 is 0 Å². The van der Waals surface area contributed by atoms with E-state index in [9.17, 15) is 0 Å². The number of rotatable bonds is 6. The molecule has 0 aliphatic heterocycles. The fourth-order valence-electron chi connectivity index (χ4n) is 1.84. The quantitative estimate of drug-likeness (QED) is 0.831. The lowest BCUT2D eigenvalue weighted by Gasteiger charge is -2.10. The summed E-state index contributed by atoms with van der Waals surface area (Å²) in [5, 5.41) is 3.41. The van der Waals surface area contributed by atoms with Crippen molar-refractivity contribution in [2.24, 2.45) is 0 Å². The molecule has 0 aliphatic carbocycles. The van der Waals surface area contributed by atoms with Gasteiger partial charge in [-0.1, -0.05) is 41.1 Å². The highest BCUT2D eigenvalue weighted by atomic mass is 79.9. The van der Waals surface area contributed by atoms with E-state index in [1.165, 1.54) is 11.3 Å². The Balaban J connectivity index is 2.05. The van der Waals surface area contributed by atoms with Crippen LogP contribution in [-0.4, -0.2) is 16.1 Å². The van der Waals surface area contributed by atoms with Crippen molar-refractivity contribution in [3.63, 3.8) is 0 Å². The van der Waals surface area contributed by atoms with Crippen LogP contribution in [0.5, 0.6) is 0 Å². The molecule has 0 atom stereocenters. The third-order valence-electron chi connectivity index (χ3n) is 2.83. The Hall–Kier alpha value is -1.13. The molecule has 0 spiro atoms. The lowest BCUT2D eigenvalue weighted by atomic mass is 10.2. The number of hydrogen-bond donors (Lipinski definition) is 1. The van der Waals surface area contributed by atoms with Crippen LogP contribution >= 0.6 is 15.9 Å². The lowest BCUT2D eigenvalue weighted by Crippen LogP contribution is -2.17. The Kier molecular flexibility index (Phi) is 4.96. The molecule has 0 amide bonds. The summed E-state index contributed by atoms with van der Waals surface area (Å²) in [5.74, 6) is 0. The normalized spacial score (nSPS) is 10.8. The van der Waals surface area contributed by atoms with Crippen LogP contribution in [0, 0.1) is 0 Å². The smallest absolute Gasteiger partial charge is 0.0951 e. The molecule has 3 nitrogen and oxygen atoms in total. The summed E-state index contributed by atoms with van der Waals surface area (Å²) >= 11 is 3.58. The fourth-order valence-corrected chi connectivity index (χ4v) is 2.25. The van der Waals surface area contributed by atoms with Crippen LogP contribution in [0.3, 0.4) is 0 Å². The molecule has 0 radical (unpaired) electrons. The first-order valence-corrected chi connectivity index (χ1v) is 7.03. The zero-order valence-corrected chi connectivity index (χ0v) is 12.2. The maximum atomic E-state index is 4.23. The molecule has 0 fully saturated rings. The molecular formula is C14H18BrN3. The van der Waals surface area contributed by atoms with Gasteiger partial charge in [0.15, 0.2) is 0 Å². The van der Waals surface area contributed by atoms with Crippen molar-refractivity contribution in [1.82, 2.24) is 14.9 Å². The number of hydrogen-bond acceptors (Lipinski definition) is 2. The number of halogens is 1. The van der Waals surface area contributed by atoms with E-state index < -0.39 is 0 Å². The van der Waals surface area contributed by atoms with Gasteiger partial charge in [-0.05, 0) is 24.6 Å². The molecule has 1 aromatic heterocycles. The Bertz CT molecular complexity index is 493. The molecule has 2 rings (SSSR count). The predicted octanol–water partition coefficient (Wildman–Crippen LogP) is 3.19. The maximum absolute atomic E-state index is 4.23. The van der Waals surface area contributed by atoms with Crippen LogP contribution in [0.25, 0.3) is 0 Å². The summed E-state index contributed by atoms with van der Waals surface area (Å²) in [6.07, 6.45) is 4.97. The summed E-state index contributed by atoms with van der Waals surface area (Å²) in [5.41, 5.74) is 2.49. The molecule has 1 aromatic carbocycles. The van der Waals surface area contributed by atoms with Crippen molar-refractivity contribution < 1.29 is 0 Å². The Morgan fingerprint density at radius 2 is 2.17 bits per heavy atom. The third kappa shape index (κ3) is 3.43. The number of nitrogens with one attached hydrogen (secondary N) is 1. The fraction of sp³-hybridized carbons (Fsp3) is 0.357. The molecule has 2 aromatic rings. The lowest BCUT2D eigenvalue weighted by molar-refractivity contribution is 0.629. The van der Waals surface area contributed by atoms with Crippen molar-refractivity contribution in [2.45, 2.75) is 26.4 Å². The van der Waals surface area contributed by atoms with Gasteiger partial charge in [-0.25, -0.2) is 4.98 Å². The molecule has 18 heavy (non-hydrogen) atoms. The monoisotopic (exact) mass is 307 g/mol. The van der Waals surface area contributed by atoms with Gasteiger partial charge < -0.3 is 9.88 Å². The highest BCUT2D eigenvalue weighted by Crippen LogP contribution is 2.17. The molecule has 0 bridgehead atoms. The first-order chi connectivity index (χ1) is 8.81. The minimum absolute atomic E-state index is 0.852. The Morgan fingerprint density at radius 3 is 2.94 bits per heavy atom. The molecular weight excluding hydrogens is 290 g/mol. The SMILES string of the molecule is CCCNCc1cncn1Cc1ccccc1Br. The molecule has 1 heterocycles. The summed E-state index contributed by atoms with van der Waals surface area (Å²) in [7, 11) is 0. The second kappa shape index (κ2) is 6.71. The van der Waals surface area contributed by atoms with Crippen molar-refractivity contribution in [1.29, 1.82) is 0 Å². The van der Waals surface area contributed by atoms with Crippen LogP contribution in [0.15, 0.2) is 41.3 Å². The minimum atomic E-state index is 0.852. The first kappa shape index (κ1) is 13.3. The van der Waals surface area contributed by atoms with Gasteiger partial charge in [0.2, 0.25) is 0 Å². The third-order valence-corrected chi connectivity index (χ3v) is 3.60. The van der Waals surface area contributed by atoms with E-state index in [1.807, 2.05) is 18.6 Å². The van der Waals surface area contributed by atoms with E-state index in [-0.39, 0.29) is 0 Å². The van der Waals surface area contributed by atoms with Crippen LogP contribution < -0.4 is 5.32 Å². The largest absolute Gasteiger partial charge is 0.329 e. The van der Waals surface area contributed by atoms with Gasteiger partial charge in [0.05, 0.1) is 12.0 Å². The highest BCUT2D eigenvalue weighted by Gasteiger charge is 2.04. The van der Waals surface area contributed by atoms with Crippen molar-refractivity contribution in [3.8, 4) is 0 Å². The van der Waals surface area contributed by atoms with Crippen LogP contribution in [0.2, 0.25) is 0 Å². The topological polar surface area (TPSA) is 29.9 Å². The van der Waals surface area contributed by atoms with Crippen LogP contribution in [-0.2, 0) is 13.1 Å². The van der Waals surface area contributed by atoms with Crippen LogP contribution in [0.4, 0.5) is 0 Å². The molecule has 4 heteroatoms. The molecule has 0 aliphatic rings. The minimum Gasteiger partial charge on any atom is -0.329 e. The number of benzene rings is 1. The summed E-state index contributed by atoms with van der Waals surface area (Å²) in [6, 6.07) is 8.30. The predicted molar refractivity (Wildman–Crippen MR) is 77.5 cm³/mol. The second-order valence-electron chi connectivity index (χ2n) is 4.28. The number of nitrogens with zero attached hydrogens (tertiary/aromatic N) is 2. The average molecular weight is 308 g/mol. The summed E-state index contributed by atoms with van der Waals surface area (Å²) in [6.45, 7) is 4.94. The molecule has 0 saturated carbocycles. The van der Waals surface area contributed by atoms with Gasteiger partial charge in [-0.3, -0.25) is 0 Å². The van der Waals surface area contributed by atoms with Crippen molar-refractivity contribution >= 4 is 15.9 Å². The van der Waals surface area contributed by atoms with Crippen LogP contribution in [0.1, 0.15) is 24.6 Å². The zero-order chi connectivity index (χ0) is 12.8. The van der Waals surface area contributed by atoms with Gasteiger partial charge in [-0.15, -0.1) is 0 Å². The number of aromatic nitrogens is 2. The van der Waals surface area contributed by atoms with Gasteiger partial charge in [-0.2, -0.15) is 0 Å². The Morgan fingerprint density at radius 1 is 1.33 bits per heavy atom. The number of imidazole rings is 1. The van der Waals surface area contributed by atoms with E-state index in [1.54, 1.807) is 0 Å². The molecule has 96 valence electrons. The van der Waals surface area contributed by atoms with Gasteiger partial charge in [0.25, 0.3) is 0 Å². The first-order valence-electron chi connectivity index (χ1n) is 6.24. The summed E-state index contributed by atoms with van der Waals surface area (Å²) < 4.78 is 3.33. The maximum Gasteiger partial charge on any atom is 0.0951 e. The van der Waals surface area contributed by atoms with Gasteiger partial charge >= 0.3 is 0 Å². The average Bonchev–Trinajstić information content (AvgIpc) is 2.80. The molecule has 0 unspecified atom stereocenters. The van der Waals surface area contributed by atoms with E-state index in [4.69, 9.17) is 0 Å². The van der Waals surface area contributed by atoms with E-state index in [0.29, 0.717) is 0 Å². The van der Waals surface area contributed by atoms with Crippen molar-refractivity contribution in [2.75, 3.05) is 6.54 Å². The zero-order valence-electron chi connectivity index (χ0n) is 10.6. The molecule has 1 N–H and O–H groups in total. The van der Waals surface area contributed by atoms with E-state index in [0.717, 1.165) is 30.5 Å². The standard InChI is InChI=1S/C14H18BrN3/c1-2-7-16-8-13-9-17-11-18(13)10-12-5-3-4-6-14(12)15/h3-6,9,11,16H,2,7-8,10H2,1H3.